The molecule has 2 heterocycles. The van der Waals surface area contributed by atoms with Crippen molar-refractivity contribution < 1.29 is 14.2 Å². The predicted molar refractivity (Wildman–Crippen MR) is 112 cm³/mol. The summed E-state index contributed by atoms with van der Waals surface area (Å²) in [6, 6.07) is 7.28. The maximum Gasteiger partial charge on any atom is 0.203 e. The van der Waals surface area contributed by atoms with Gasteiger partial charge in [-0.25, -0.2) is 9.97 Å². The van der Waals surface area contributed by atoms with Gasteiger partial charge in [0.1, 0.15) is 11.3 Å². The summed E-state index contributed by atoms with van der Waals surface area (Å²) in [4.78, 5) is 13.6. The van der Waals surface area contributed by atoms with Crippen molar-refractivity contribution in [1.82, 2.24) is 20.3 Å². The van der Waals surface area contributed by atoms with Gasteiger partial charge in [0, 0.05) is 12.1 Å². The zero-order valence-corrected chi connectivity index (χ0v) is 16.9. The Morgan fingerprint density at radius 2 is 1.75 bits per heavy atom. The van der Waals surface area contributed by atoms with E-state index in [1.807, 2.05) is 25.1 Å². The Bertz CT molecular complexity index is 987. The van der Waals surface area contributed by atoms with Gasteiger partial charge in [-0.2, -0.15) is 0 Å². The number of rotatable bonds is 6. The Kier molecular flexibility index (Phi) is 6.05. The number of hydrogen-bond acceptors (Lipinski definition) is 7. The van der Waals surface area contributed by atoms with Gasteiger partial charge in [0.05, 0.1) is 33.2 Å². The lowest BCUT2D eigenvalue weighted by molar-refractivity contribution is 0.324. The van der Waals surface area contributed by atoms with Crippen LogP contribution in [0.1, 0.15) is 6.92 Å². The Hall–Kier alpha value is -3.20. The second-order valence-electron chi connectivity index (χ2n) is 5.69. The van der Waals surface area contributed by atoms with Gasteiger partial charge >= 0.3 is 0 Å². The maximum atomic E-state index is 5.41. The van der Waals surface area contributed by atoms with Crippen LogP contribution in [0.2, 0.25) is 0 Å². The molecule has 0 saturated carbocycles. The molecule has 0 amide bonds. The van der Waals surface area contributed by atoms with Crippen LogP contribution in [-0.2, 0) is 0 Å². The van der Waals surface area contributed by atoms with Crippen molar-refractivity contribution in [1.29, 1.82) is 0 Å². The van der Waals surface area contributed by atoms with Crippen LogP contribution in [0.25, 0.3) is 22.4 Å². The van der Waals surface area contributed by atoms with E-state index in [0.29, 0.717) is 45.0 Å². The Morgan fingerprint density at radius 3 is 2.36 bits per heavy atom. The van der Waals surface area contributed by atoms with E-state index in [2.05, 4.69) is 25.6 Å². The molecule has 2 aromatic heterocycles. The smallest absolute Gasteiger partial charge is 0.203 e. The van der Waals surface area contributed by atoms with Crippen LogP contribution in [0.15, 0.2) is 30.5 Å². The van der Waals surface area contributed by atoms with Crippen LogP contribution in [-0.4, -0.2) is 47.9 Å². The maximum absolute atomic E-state index is 5.41. The second-order valence-corrected chi connectivity index (χ2v) is 6.10. The van der Waals surface area contributed by atoms with Crippen molar-refractivity contribution >= 4 is 34.3 Å². The van der Waals surface area contributed by atoms with E-state index < -0.39 is 0 Å². The molecular formula is C19H21N5O3S. The van der Waals surface area contributed by atoms with Gasteiger partial charge in [-0.15, -0.1) is 0 Å². The number of aromatic nitrogens is 3. The average molecular weight is 399 g/mol. The van der Waals surface area contributed by atoms with Crippen LogP contribution >= 0.6 is 12.2 Å². The van der Waals surface area contributed by atoms with Crippen molar-refractivity contribution in [2.45, 2.75) is 6.92 Å². The number of nitrogens with zero attached hydrogens (tertiary/aromatic N) is 3. The molecule has 0 spiro atoms. The number of thiocarbonyl (C=S) groups is 1. The summed E-state index contributed by atoms with van der Waals surface area (Å²) in [5, 5.41) is 6.55. The van der Waals surface area contributed by atoms with Crippen LogP contribution in [0, 0.1) is 0 Å². The molecule has 0 saturated heterocycles. The van der Waals surface area contributed by atoms with Gasteiger partial charge in [-0.05, 0) is 43.4 Å². The van der Waals surface area contributed by atoms with Crippen molar-refractivity contribution in [3.8, 4) is 28.5 Å². The summed E-state index contributed by atoms with van der Waals surface area (Å²) < 4.78 is 16.2. The van der Waals surface area contributed by atoms with E-state index in [-0.39, 0.29) is 0 Å². The minimum Gasteiger partial charge on any atom is -0.493 e. The zero-order chi connectivity index (χ0) is 20.1. The highest BCUT2D eigenvalue weighted by atomic mass is 32.1. The standard InChI is InChI=1S/C19H21N5O3S/c1-5-20-19(28)24-16-7-6-12-18(23-16)22-13(10-21-12)11-8-14(25-2)17(27-4)15(9-11)26-3/h6-10H,5H2,1-4H3,(H2,20,22,23,24,28). The van der Waals surface area contributed by atoms with Crippen molar-refractivity contribution in [3.63, 3.8) is 0 Å². The van der Waals surface area contributed by atoms with E-state index in [4.69, 9.17) is 26.4 Å². The number of anilines is 1. The molecule has 1 aromatic carbocycles. The van der Waals surface area contributed by atoms with Crippen molar-refractivity contribution in [2.75, 3.05) is 33.2 Å². The molecule has 0 bridgehead atoms. The Morgan fingerprint density at radius 1 is 1.04 bits per heavy atom. The first kappa shape index (κ1) is 19.6. The molecule has 8 nitrogen and oxygen atoms in total. The monoisotopic (exact) mass is 399 g/mol. The van der Waals surface area contributed by atoms with Gasteiger partial charge in [0.25, 0.3) is 0 Å². The predicted octanol–water partition coefficient (Wildman–Crippen LogP) is 3.02. The van der Waals surface area contributed by atoms with Crippen LogP contribution in [0.5, 0.6) is 17.2 Å². The molecule has 146 valence electrons. The van der Waals surface area contributed by atoms with Crippen LogP contribution in [0.3, 0.4) is 0 Å². The third kappa shape index (κ3) is 4.04. The average Bonchev–Trinajstić information content (AvgIpc) is 2.72. The molecular weight excluding hydrogens is 378 g/mol. The van der Waals surface area contributed by atoms with Gasteiger partial charge in [0.2, 0.25) is 5.75 Å². The normalized spacial score (nSPS) is 10.4. The van der Waals surface area contributed by atoms with E-state index in [0.717, 1.165) is 12.1 Å². The Labute approximate surface area is 168 Å². The fourth-order valence-corrected chi connectivity index (χ4v) is 2.91. The minimum absolute atomic E-state index is 0.496. The lowest BCUT2D eigenvalue weighted by Crippen LogP contribution is -2.28. The third-order valence-corrected chi connectivity index (χ3v) is 4.19. The summed E-state index contributed by atoms with van der Waals surface area (Å²) in [6.07, 6.45) is 1.68. The number of fused-ring (bicyclic) bond motifs is 1. The fourth-order valence-electron chi connectivity index (χ4n) is 2.66. The fraction of sp³-hybridized carbons (Fsp3) is 0.263. The van der Waals surface area contributed by atoms with E-state index >= 15 is 0 Å². The summed E-state index contributed by atoms with van der Waals surface area (Å²) >= 11 is 5.20. The summed E-state index contributed by atoms with van der Waals surface area (Å²) in [5.74, 6) is 2.19. The van der Waals surface area contributed by atoms with Gasteiger partial charge in [-0.1, -0.05) is 0 Å². The SMILES string of the molecule is CCNC(=S)Nc1ccc2ncc(-c3cc(OC)c(OC)c(OC)c3)nc2n1. The molecule has 2 N–H and O–H groups in total. The largest absolute Gasteiger partial charge is 0.493 e. The van der Waals surface area contributed by atoms with E-state index in [9.17, 15) is 0 Å². The lowest BCUT2D eigenvalue weighted by Gasteiger charge is -2.14. The number of pyridine rings is 1. The highest BCUT2D eigenvalue weighted by molar-refractivity contribution is 7.80. The van der Waals surface area contributed by atoms with E-state index in [1.165, 1.54) is 0 Å². The number of methoxy groups -OCH3 is 3. The lowest BCUT2D eigenvalue weighted by atomic mass is 10.1. The summed E-state index contributed by atoms with van der Waals surface area (Å²) in [6.45, 7) is 2.70. The zero-order valence-electron chi connectivity index (χ0n) is 16.1. The molecule has 0 radical (unpaired) electrons. The number of hydrogen-bond donors (Lipinski definition) is 2. The first-order chi connectivity index (χ1) is 13.6. The molecule has 0 atom stereocenters. The highest BCUT2D eigenvalue weighted by Gasteiger charge is 2.15. The van der Waals surface area contributed by atoms with Gasteiger partial charge < -0.3 is 24.8 Å². The Balaban J connectivity index is 2.02. The molecule has 3 aromatic rings. The first-order valence-corrected chi connectivity index (χ1v) is 8.99. The van der Waals surface area contributed by atoms with Crippen LogP contribution < -0.4 is 24.8 Å². The minimum atomic E-state index is 0.496. The van der Waals surface area contributed by atoms with E-state index in [1.54, 1.807) is 33.6 Å². The number of ether oxygens (including phenoxy) is 3. The molecule has 0 aliphatic carbocycles. The molecule has 28 heavy (non-hydrogen) atoms. The topological polar surface area (TPSA) is 90.4 Å². The first-order valence-electron chi connectivity index (χ1n) is 8.58. The molecule has 0 aliphatic heterocycles. The molecule has 9 heteroatoms. The highest BCUT2D eigenvalue weighted by Crippen LogP contribution is 2.40. The van der Waals surface area contributed by atoms with Gasteiger partial charge in [-0.3, -0.25) is 4.98 Å². The van der Waals surface area contributed by atoms with Crippen molar-refractivity contribution in [3.05, 3.63) is 30.5 Å². The molecule has 0 unspecified atom stereocenters. The molecule has 0 aliphatic rings. The van der Waals surface area contributed by atoms with Gasteiger partial charge in [0.15, 0.2) is 22.3 Å². The van der Waals surface area contributed by atoms with Crippen molar-refractivity contribution in [2.24, 2.45) is 0 Å². The second kappa shape index (κ2) is 8.66. The summed E-state index contributed by atoms with van der Waals surface area (Å²) in [5.41, 5.74) is 2.57. The third-order valence-electron chi connectivity index (χ3n) is 3.95. The molecule has 0 fully saturated rings. The quantitative estimate of drug-likeness (QED) is 0.607. The number of benzene rings is 1. The van der Waals surface area contributed by atoms with Crippen LogP contribution in [0.4, 0.5) is 5.82 Å². The number of nitrogens with one attached hydrogen (secondary N) is 2. The molecule has 3 rings (SSSR count). The summed E-state index contributed by atoms with van der Waals surface area (Å²) in [7, 11) is 4.70.